The first kappa shape index (κ1) is 12.5. The van der Waals surface area contributed by atoms with Crippen LogP contribution in [0.25, 0.3) is 0 Å². The molecule has 0 aromatic heterocycles. The first-order chi connectivity index (χ1) is 10.3. The Hall–Kier alpha value is -1.06. The lowest BCUT2D eigenvalue weighted by Gasteiger charge is -2.57. The Morgan fingerprint density at radius 3 is 3.00 bits per heavy atom. The second-order valence-electron chi connectivity index (χ2n) is 7.38. The molecule has 5 rings (SSSR count). The van der Waals surface area contributed by atoms with Crippen molar-refractivity contribution in [2.75, 3.05) is 25.5 Å². The van der Waals surface area contributed by atoms with Crippen LogP contribution in [0.2, 0.25) is 0 Å². The Bertz CT molecular complexity index is 588. The van der Waals surface area contributed by atoms with Gasteiger partial charge in [0.15, 0.2) is 0 Å². The minimum atomic E-state index is 0.0877. The SMILES string of the molecule is CO[C@@]12CCCN3CC[C@]4(c5ccccc5N[C@@H]4CC1)[C@H]32. The summed E-state index contributed by atoms with van der Waals surface area (Å²) >= 11 is 0. The quantitative estimate of drug-likeness (QED) is 0.858. The van der Waals surface area contributed by atoms with Gasteiger partial charge < -0.3 is 10.1 Å². The van der Waals surface area contributed by atoms with Crippen molar-refractivity contribution in [2.45, 2.75) is 55.2 Å². The molecule has 3 heteroatoms. The van der Waals surface area contributed by atoms with E-state index in [-0.39, 0.29) is 11.0 Å². The summed E-state index contributed by atoms with van der Waals surface area (Å²) < 4.78 is 6.21. The number of piperidine rings is 1. The summed E-state index contributed by atoms with van der Waals surface area (Å²) in [5, 5.41) is 3.85. The molecule has 0 bridgehead atoms. The van der Waals surface area contributed by atoms with Gasteiger partial charge in [-0.15, -0.1) is 0 Å². The molecule has 1 aliphatic carbocycles. The van der Waals surface area contributed by atoms with Crippen molar-refractivity contribution in [3.8, 4) is 0 Å². The normalized spacial score (nSPS) is 43.9. The maximum Gasteiger partial charge on any atom is 0.0843 e. The topological polar surface area (TPSA) is 24.5 Å². The molecule has 0 amide bonds. The highest BCUT2D eigenvalue weighted by atomic mass is 16.5. The van der Waals surface area contributed by atoms with Crippen molar-refractivity contribution >= 4 is 5.69 Å². The van der Waals surface area contributed by atoms with E-state index in [2.05, 4.69) is 34.5 Å². The zero-order chi connectivity index (χ0) is 14.1. The molecule has 3 heterocycles. The molecule has 0 radical (unpaired) electrons. The standard InChI is InChI=1S/C18H24N2O/c1-21-17-8-4-11-20-12-10-18(16(17)20)13-5-2-3-6-14(13)19-15(18)7-9-17/h2-3,5-6,15-16,19H,4,7-12H2,1H3/t15-,16-,17+,18-/m1/s1. The predicted molar refractivity (Wildman–Crippen MR) is 83.7 cm³/mol. The summed E-state index contributed by atoms with van der Waals surface area (Å²) in [6, 6.07) is 10.2. The average molecular weight is 284 g/mol. The average Bonchev–Trinajstić information content (AvgIpc) is 3.08. The van der Waals surface area contributed by atoms with E-state index in [1.807, 2.05) is 7.11 Å². The fourth-order valence-corrected chi connectivity index (χ4v) is 6.14. The molecule has 1 aromatic carbocycles. The molecule has 1 saturated carbocycles. The summed E-state index contributed by atoms with van der Waals surface area (Å²) in [7, 11) is 1.95. The van der Waals surface area contributed by atoms with Gasteiger partial charge in [-0.3, -0.25) is 4.90 Å². The second kappa shape index (κ2) is 4.02. The van der Waals surface area contributed by atoms with Crippen molar-refractivity contribution in [1.29, 1.82) is 0 Å². The van der Waals surface area contributed by atoms with Crippen LogP contribution in [-0.2, 0) is 10.2 Å². The van der Waals surface area contributed by atoms with Crippen LogP contribution in [0.3, 0.4) is 0 Å². The third-order valence-electron chi connectivity index (χ3n) is 6.85. The van der Waals surface area contributed by atoms with Crippen LogP contribution in [0.5, 0.6) is 0 Å². The number of nitrogens with one attached hydrogen (secondary N) is 1. The number of para-hydroxylation sites is 1. The Kier molecular flexibility index (Phi) is 2.39. The molecule has 4 aliphatic rings. The van der Waals surface area contributed by atoms with Crippen molar-refractivity contribution in [3.05, 3.63) is 29.8 Å². The summed E-state index contributed by atoms with van der Waals surface area (Å²) in [6.07, 6.45) is 6.27. The van der Waals surface area contributed by atoms with E-state index in [4.69, 9.17) is 4.74 Å². The van der Waals surface area contributed by atoms with Gasteiger partial charge in [0.05, 0.1) is 11.6 Å². The van der Waals surface area contributed by atoms with Crippen LogP contribution in [0.1, 0.15) is 37.7 Å². The second-order valence-corrected chi connectivity index (χ2v) is 7.38. The van der Waals surface area contributed by atoms with Crippen LogP contribution in [-0.4, -0.2) is 42.8 Å². The van der Waals surface area contributed by atoms with Gasteiger partial charge in [0, 0.05) is 24.3 Å². The third kappa shape index (κ3) is 1.33. The number of methoxy groups -OCH3 is 1. The van der Waals surface area contributed by atoms with Gasteiger partial charge in [0.1, 0.15) is 0 Å². The number of nitrogens with zero attached hydrogens (tertiary/aromatic N) is 1. The van der Waals surface area contributed by atoms with Crippen molar-refractivity contribution in [1.82, 2.24) is 4.90 Å². The van der Waals surface area contributed by atoms with Crippen LogP contribution < -0.4 is 5.32 Å². The number of rotatable bonds is 1. The Morgan fingerprint density at radius 1 is 1.19 bits per heavy atom. The summed E-state index contributed by atoms with van der Waals surface area (Å²) in [4.78, 5) is 2.74. The molecule has 1 spiro atoms. The van der Waals surface area contributed by atoms with Crippen molar-refractivity contribution < 1.29 is 4.74 Å². The van der Waals surface area contributed by atoms with E-state index >= 15 is 0 Å². The van der Waals surface area contributed by atoms with E-state index in [1.165, 1.54) is 50.9 Å². The molecule has 112 valence electrons. The number of anilines is 1. The van der Waals surface area contributed by atoms with E-state index < -0.39 is 0 Å². The zero-order valence-corrected chi connectivity index (χ0v) is 12.8. The number of hydrogen-bond acceptors (Lipinski definition) is 3. The first-order valence-corrected chi connectivity index (χ1v) is 8.45. The summed E-state index contributed by atoms with van der Waals surface area (Å²) in [5.41, 5.74) is 3.31. The highest BCUT2D eigenvalue weighted by Crippen LogP contribution is 2.60. The molecule has 3 nitrogen and oxygen atoms in total. The molecule has 0 unspecified atom stereocenters. The molecule has 1 aromatic rings. The fourth-order valence-electron chi connectivity index (χ4n) is 6.14. The van der Waals surface area contributed by atoms with E-state index in [9.17, 15) is 0 Å². The molecule has 1 N–H and O–H groups in total. The van der Waals surface area contributed by atoms with E-state index in [0.717, 1.165) is 0 Å². The lowest BCUT2D eigenvalue weighted by molar-refractivity contribution is -0.134. The fraction of sp³-hybridized carbons (Fsp3) is 0.667. The van der Waals surface area contributed by atoms with Gasteiger partial charge in [-0.2, -0.15) is 0 Å². The van der Waals surface area contributed by atoms with Crippen molar-refractivity contribution in [2.24, 2.45) is 0 Å². The van der Waals surface area contributed by atoms with Crippen LogP contribution in [0.4, 0.5) is 5.69 Å². The maximum atomic E-state index is 6.21. The minimum absolute atomic E-state index is 0.0877. The smallest absolute Gasteiger partial charge is 0.0843 e. The Morgan fingerprint density at radius 2 is 2.10 bits per heavy atom. The number of fused-ring (bicyclic) bond motifs is 1. The lowest BCUT2D eigenvalue weighted by atomic mass is 9.58. The van der Waals surface area contributed by atoms with Gasteiger partial charge in [-0.05, 0) is 56.8 Å². The van der Waals surface area contributed by atoms with E-state index in [0.29, 0.717) is 12.1 Å². The molecular formula is C18H24N2O. The zero-order valence-electron chi connectivity index (χ0n) is 12.8. The van der Waals surface area contributed by atoms with Crippen LogP contribution >= 0.6 is 0 Å². The highest BCUT2D eigenvalue weighted by Gasteiger charge is 2.67. The van der Waals surface area contributed by atoms with Gasteiger partial charge in [0.2, 0.25) is 0 Å². The van der Waals surface area contributed by atoms with Gasteiger partial charge in [0.25, 0.3) is 0 Å². The van der Waals surface area contributed by atoms with Gasteiger partial charge in [-0.25, -0.2) is 0 Å². The first-order valence-electron chi connectivity index (χ1n) is 8.45. The van der Waals surface area contributed by atoms with Crippen molar-refractivity contribution in [3.63, 3.8) is 0 Å². The third-order valence-corrected chi connectivity index (χ3v) is 6.85. The molecule has 3 fully saturated rings. The van der Waals surface area contributed by atoms with Crippen LogP contribution in [0, 0.1) is 0 Å². The van der Waals surface area contributed by atoms with Gasteiger partial charge >= 0.3 is 0 Å². The largest absolute Gasteiger partial charge is 0.381 e. The summed E-state index contributed by atoms with van der Waals surface area (Å²) in [6.45, 7) is 2.49. The maximum absolute atomic E-state index is 6.21. The number of hydrogen-bond donors (Lipinski definition) is 1. The van der Waals surface area contributed by atoms with Gasteiger partial charge in [-0.1, -0.05) is 18.2 Å². The molecule has 21 heavy (non-hydrogen) atoms. The number of ether oxygens (including phenoxy) is 1. The molecular weight excluding hydrogens is 260 g/mol. The minimum Gasteiger partial charge on any atom is -0.381 e. The Balaban J connectivity index is 1.72. The summed E-state index contributed by atoms with van der Waals surface area (Å²) in [5.74, 6) is 0. The molecule has 4 atom stereocenters. The van der Waals surface area contributed by atoms with Crippen LogP contribution in [0.15, 0.2) is 24.3 Å². The lowest BCUT2D eigenvalue weighted by Crippen LogP contribution is -2.67. The number of benzene rings is 1. The predicted octanol–water partition coefficient (Wildman–Crippen LogP) is 2.77. The highest BCUT2D eigenvalue weighted by molar-refractivity contribution is 5.64. The molecule has 3 aliphatic heterocycles. The van der Waals surface area contributed by atoms with E-state index in [1.54, 1.807) is 5.56 Å². The monoisotopic (exact) mass is 284 g/mol. The molecule has 2 saturated heterocycles. The Labute approximate surface area is 126 Å².